The summed E-state index contributed by atoms with van der Waals surface area (Å²) in [6, 6.07) is 10.4. The Hall–Kier alpha value is -0.930. The number of halogens is 1. The Morgan fingerprint density at radius 3 is 2.56 bits per heavy atom. The van der Waals surface area contributed by atoms with E-state index in [1.807, 2.05) is 18.2 Å². The van der Waals surface area contributed by atoms with Crippen LogP contribution in [0.3, 0.4) is 0 Å². The maximum absolute atomic E-state index is 11.0. The lowest BCUT2D eigenvalue weighted by atomic mass is 10.2. The molecule has 0 N–H and O–H groups in total. The summed E-state index contributed by atoms with van der Waals surface area (Å²) in [7, 11) is 0. The van der Waals surface area contributed by atoms with Crippen molar-refractivity contribution in [3.8, 4) is 0 Å². The van der Waals surface area contributed by atoms with Crippen LogP contribution in [-0.2, 0) is 11.3 Å². The van der Waals surface area contributed by atoms with E-state index in [1.54, 1.807) is 6.92 Å². The van der Waals surface area contributed by atoms with Gasteiger partial charge < -0.3 is 4.79 Å². The first-order chi connectivity index (χ1) is 8.58. The SMILES string of the molecule is C=C(Br)CN(CCCC(C)=O)Cc1ccccc1. The predicted molar refractivity (Wildman–Crippen MR) is 79.7 cm³/mol. The molecule has 3 heteroatoms. The van der Waals surface area contributed by atoms with Gasteiger partial charge in [-0.15, -0.1) is 0 Å². The van der Waals surface area contributed by atoms with Crippen molar-refractivity contribution in [3.63, 3.8) is 0 Å². The fraction of sp³-hybridized carbons (Fsp3) is 0.400. The first kappa shape index (κ1) is 15.1. The average Bonchev–Trinajstić information content (AvgIpc) is 2.28. The summed E-state index contributed by atoms with van der Waals surface area (Å²) in [6.07, 6.45) is 1.56. The van der Waals surface area contributed by atoms with Crippen molar-refractivity contribution in [3.05, 3.63) is 47.0 Å². The maximum Gasteiger partial charge on any atom is 0.129 e. The summed E-state index contributed by atoms with van der Waals surface area (Å²) >= 11 is 3.41. The molecule has 0 unspecified atom stereocenters. The number of hydrogen-bond donors (Lipinski definition) is 0. The quantitative estimate of drug-likeness (QED) is 0.728. The Bertz CT molecular complexity index is 389. The van der Waals surface area contributed by atoms with Crippen molar-refractivity contribution in [1.82, 2.24) is 4.90 Å². The van der Waals surface area contributed by atoms with E-state index in [9.17, 15) is 4.79 Å². The molecule has 1 aromatic rings. The van der Waals surface area contributed by atoms with Crippen LogP contribution in [0, 0.1) is 0 Å². The van der Waals surface area contributed by atoms with Gasteiger partial charge in [-0.2, -0.15) is 0 Å². The average molecular weight is 310 g/mol. The molecule has 0 heterocycles. The van der Waals surface area contributed by atoms with Crippen LogP contribution in [0.1, 0.15) is 25.3 Å². The fourth-order valence-corrected chi connectivity index (χ4v) is 2.20. The number of benzene rings is 1. The lowest BCUT2D eigenvalue weighted by Crippen LogP contribution is -2.26. The van der Waals surface area contributed by atoms with Crippen LogP contribution < -0.4 is 0 Å². The molecule has 2 nitrogen and oxygen atoms in total. The molecule has 0 aromatic heterocycles. The van der Waals surface area contributed by atoms with Gasteiger partial charge in [-0.25, -0.2) is 0 Å². The third kappa shape index (κ3) is 6.72. The lowest BCUT2D eigenvalue weighted by molar-refractivity contribution is -0.117. The Morgan fingerprint density at radius 2 is 2.00 bits per heavy atom. The highest BCUT2D eigenvalue weighted by Crippen LogP contribution is 2.10. The highest BCUT2D eigenvalue weighted by molar-refractivity contribution is 9.11. The van der Waals surface area contributed by atoms with E-state index in [-0.39, 0.29) is 5.78 Å². The standard InChI is InChI=1S/C15H20BrNO/c1-13(16)11-17(10-6-7-14(2)18)12-15-8-4-3-5-9-15/h3-5,8-9H,1,6-7,10-12H2,2H3. The first-order valence-corrected chi connectivity index (χ1v) is 6.96. The lowest BCUT2D eigenvalue weighted by Gasteiger charge is -2.21. The van der Waals surface area contributed by atoms with Crippen LogP contribution in [0.15, 0.2) is 41.4 Å². The summed E-state index contributed by atoms with van der Waals surface area (Å²) in [6.45, 7) is 8.15. The molecule has 98 valence electrons. The number of nitrogens with zero attached hydrogens (tertiary/aromatic N) is 1. The van der Waals surface area contributed by atoms with Crippen molar-refractivity contribution in [1.29, 1.82) is 0 Å². The summed E-state index contributed by atoms with van der Waals surface area (Å²) in [5, 5.41) is 0. The van der Waals surface area contributed by atoms with E-state index >= 15 is 0 Å². The van der Waals surface area contributed by atoms with Crippen LogP contribution in [0.4, 0.5) is 0 Å². The van der Waals surface area contributed by atoms with Crippen molar-refractivity contribution >= 4 is 21.7 Å². The summed E-state index contributed by atoms with van der Waals surface area (Å²) < 4.78 is 0.973. The third-order valence-corrected chi connectivity index (χ3v) is 2.90. The second-order valence-corrected chi connectivity index (χ2v) is 5.64. The zero-order valence-corrected chi connectivity index (χ0v) is 12.4. The van der Waals surface area contributed by atoms with Crippen LogP contribution in [0.25, 0.3) is 0 Å². The molecule has 0 fully saturated rings. The number of rotatable bonds is 8. The van der Waals surface area contributed by atoms with Crippen LogP contribution >= 0.6 is 15.9 Å². The molecule has 0 saturated carbocycles. The summed E-state index contributed by atoms with van der Waals surface area (Å²) in [4.78, 5) is 13.3. The molecule has 0 aliphatic rings. The van der Waals surface area contributed by atoms with Gasteiger partial charge in [-0.3, -0.25) is 4.90 Å². The molecule has 0 aliphatic heterocycles. The molecule has 1 aromatic carbocycles. The minimum atomic E-state index is 0.257. The highest BCUT2D eigenvalue weighted by atomic mass is 79.9. The molecule has 0 amide bonds. The van der Waals surface area contributed by atoms with Gasteiger partial charge in [0.25, 0.3) is 0 Å². The normalized spacial score (nSPS) is 10.6. The Balaban J connectivity index is 2.50. The largest absolute Gasteiger partial charge is 0.300 e. The molecule has 0 atom stereocenters. The second-order valence-electron chi connectivity index (χ2n) is 4.52. The Labute approximate surface area is 118 Å². The Kier molecular flexibility index (Phi) is 6.91. The van der Waals surface area contributed by atoms with E-state index in [0.717, 1.165) is 30.5 Å². The number of carbonyl (C=O) groups is 1. The highest BCUT2D eigenvalue weighted by Gasteiger charge is 2.07. The monoisotopic (exact) mass is 309 g/mol. The van der Waals surface area contributed by atoms with Gasteiger partial charge in [0.15, 0.2) is 0 Å². The van der Waals surface area contributed by atoms with Crippen molar-refractivity contribution in [2.24, 2.45) is 0 Å². The van der Waals surface area contributed by atoms with E-state index in [1.165, 1.54) is 5.56 Å². The first-order valence-electron chi connectivity index (χ1n) is 6.17. The van der Waals surface area contributed by atoms with Crippen molar-refractivity contribution in [2.75, 3.05) is 13.1 Å². The minimum absolute atomic E-state index is 0.257. The molecule has 1 rings (SSSR count). The van der Waals surface area contributed by atoms with Gasteiger partial charge in [0.05, 0.1) is 0 Å². The van der Waals surface area contributed by atoms with Crippen LogP contribution in [-0.4, -0.2) is 23.8 Å². The zero-order chi connectivity index (χ0) is 13.4. The van der Waals surface area contributed by atoms with Gasteiger partial charge in [-0.05, 0) is 25.5 Å². The molecule has 0 aliphatic carbocycles. The number of carbonyl (C=O) groups excluding carboxylic acids is 1. The topological polar surface area (TPSA) is 20.3 Å². The minimum Gasteiger partial charge on any atom is -0.300 e. The fourth-order valence-electron chi connectivity index (χ4n) is 1.85. The van der Waals surface area contributed by atoms with Gasteiger partial charge in [0, 0.05) is 24.0 Å². The van der Waals surface area contributed by atoms with Gasteiger partial charge in [0.2, 0.25) is 0 Å². The smallest absolute Gasteiger partial charge is 0.129 e. The molecule has 0 spiro atoms. The Morgan fingerprint density at radius 1 is 1.33 bits per heavy atom. The summed E-state index contributed by atoms with van der Waals surface area (Å²) in [5.74, 6) is 0.257. The third-order valence-electron chi connectivity index (χ3n) is 2.65. The number of Topliss-reactive ketones (excluding diaryl/α,β-unsaturated/α-hetero) is 1. The van der Waals surface area contributed by atoms with Crippen LogP contribution in [0.5, 0.6) is 0 Å². The summed E-state index contributed by atoms with van der Waals surface area (Å²) in [5.41, 5.74) is 1.29. The van der Waals surface area contributed by atoms with Gasteiger partial charge in [0.1, 0.15) is 5.78 Å². The van der Waals surface area contributed by atoms with Crippen LogP contribution in [0.2, 0.25) is 0 Å². The number of hydrogen-bond acceptors (Lipinski definition) is 2. The van der Waals surface area contributed by atoms with E-state index in [2.05, 4.69) is 39.5 Å². The van der Waals surface area contributed by atoms with Crippen molar-refractivity contribution in [2.45, 2.75) is 26.3 Å². The second kappa shape index (κ2) is 8.22. The van der Waals surface area contributed by atoms with Gasteiger partial charge >= 0.3 is 0 Å². The predicted octanol–water partition coefficient (Wildman–Crippen LogP) is 3.77. The molecular weight excluding hydrogens is 290 g/mol. The molecule has 0 saturated heterocycles. The van der Waals surface area contributed by atoms with Crippen molar-refractivity contribution < 1.29 is 4.79 Å². The molecular formula is C15H20BrNO. The number of ketones is 1. The molecule has 0 bridgehead atoms. The molecule has 0 radical (unpaired) electrons. The zero-order valence-electron chi connectivity index (χ0n) is 10.9. The van der Waals surface area contributed by atoms with Gasteiger partial charge in [-0.1, -0.05) is 52.8 Å². The van der Waals surface area contributed by atoms with E-state index in [4.69, 9.17) is 0 Å². The maximum atomic E-state index is 11.0. The van der Waals surface area contributed by atoms with E-state index < -0.39 is 0 Å². The molecule has 18 heavy (non-hydrogen) atoms. The van der Waals surface area contributed by atoms with E-state index in [0.29, 0.717) is 6.42 Å².